The maximum atomic E-state index is 12.5. The normalized spacial score (nSPS) is 16.6. The highest BCUT2D eigenvalue weighted by atomic mass is 16.7. The van der Waals surface area contributed by atoms with Crippen molar-refractivity contribution in [2.24, 2.45) is 15.9 Å². The molecule has 0 aromatic carbocycles. The first kappa shape index (κ1) is 23.9. The number of allylic oxidation sites excluding steroid dienone is 1. The van der Waals surface area contributed by atoms with E-state index in [1.807, 2.05) is 6.08 Å². The fraction of sp³-hybridized carbons (Fsp3) is 0.727. The van der Waals surface area contributed by atoms with E-state index in [4.69, 9.17) is 9.68 Å². The molecule has 0 aliphatic carbocycles. The Hall–Kier alpha value is -2.38. The van der Waals surface area contributed by atoms with E-state index in [0.29, 0.717) is 26.2 Å². The summed E-state index contributed by atoms with van der Waals surface area (Å²) in [6, 6.07) is 0. The molecular weight excluding hydrogens is 384 g/mol. The summed E-state index contributed by atoms with van der Waals surface area (Å²) in [7, 11) is 0. The van der Waals surface area contributed by atoms with Crippen LogP contribution in [0.25, 0.3) is 0 Å². The lowest BCUT2D eigenvalue weighted by atomic mass is 10.0. The van der Waals surface area contributed by atoms with Crippen LogP contribution in [0.2, 0.25) is 0 Å². The summed E-state index contributed by atoms with van der Waals surface area (Å²) in [5.41, 5.74) is 0. The molecule has 0 radical (unpaired) electrons. The van der Waals surface area contributed by atoms with Gasteiger partial charge in [-0.15, -0.1) is 0 Å². The Kier molecular flexibility index (Phi) is 11.6. The third kappa shape index (κ3) is 9.89. The zero-order chi connectivity index (χ0) is 21.4. The minimum Gasteiger partial charge on any atom is -0.340 e. The summed E-state index contributed by atoms with van der Waals surface area (Å²) in [5.74, 6) is -1.63. The zero-order valence-electron chi connectivity index (χ0n) is 18.2. The van der Waals surface area contributed by atoms with Crippen LogP contribution in [0, 0.1) is 5.92 Å². The van der Waals surface area contributed by atoms with Crippen molar-refractivity contribution in [3.8, 4) is 0 Å². The summed E-state index contributed by atoms with van der Waals surface area (Å²) in [6.45, 7) is 4.51. The first-order valence-electron chi connectivity index (χ1n) is 11.3. The van der Waals surface area contributed by atoms with Crippen LogP contribution >= 0.6 is 0 Å². The summed E-state index contributed by atoms with van der Waals surface area (Å²) in [4.78, 5) is 43.4. The number of hydrogen-bond acceptors (Lipinski definition) is 8. The van der Waals surface area contributed by atoms with Gasteiger partial charge in [0.15, 0.2) is 0 Å². The van der Waals surface area contributed by atoms with E-state index >= 15 is 0 Å². The predicted octanol–water partition coefficient (Wildman–Crippen LogP) is 3.68. The van der Waals surface area contributed by atoms with Gasteiger partial charge in [0.25, 0.3) is 0 Å². The highest BCUT2D eigenvalue weighted by Crippen LogP contribution is 2.14. The molecule has 0 spiro atoms. The number of unbranched alkanes of at least 4 members (excludes halogenated alkanes) is 8. The van der Waals surface area contributed by atoms with Gasteiger partial charge in [-0.3, -0.25) is 9.98 Å². The molecule has 0 aromatic heterocycles. The molecule has 2 aliphatic rings. The minimum atomic E-state index is -0.680. The molecule has 2 aliphatic heterocycles. The van der Waals surface area contributed by atoms with E-state index in [2.05, 4.69) is 16.9 Å². The molecule has 0 fully saturated rings. The highest BCUT2D eigenvalue weighted by Gasteiger charge is 2.26. The van der Waals surface area contributed by atoms with Crippen LogP contribution in [0.4, 0.5) is 0 Å². The number of carbonyl (C=O) groups excluding carboxylic acids is 2. The van der Waals surface area contributed by atoms with Gasteiger partial charge < -0.3 is 9.68 Å². The second-order valence-electron chi connectivity index (χ2n) is 7.70. The molecule has 8 heteroatoms. The molecule has 0 aromatic rings. The largest absolute Gasteiger partial charge is 0.340 e. The van der Waals surface area contributed by atoms with Crippen LogP contribution in [-0.4, -0.2) is 60.9 Å². The maximum Gasteiger partial charge on any atom is 0.339 e. The molecule has 1 atom stereocenters. The van der Waals surface area contributed by atoms with E-state index in [1.165, 1.54) is 67.7 Å². The van der Waals surface area contributed by atoms with Crippen LogP contribution in [0.15, 0.2) is 22.1 Å². The first-order chi connectivity index (χ1) is 14.7. The first-order valence-corrected chi connectivity index (χ1v) is 11.3. The lowest BCUT2D eigenvalue weighted by Gasteiger charge is -2.18. The van der Waals surface area contributed by atoms with E-state index in [-0.39, 0.29) is 6.42 Å². The van der Waals surface area contributed by atoms with Crippen molar-refractivity contribution in [1.29, 1.82) is 0 Å². The molecule has 2 heterocycles. The van der Waals surface area contributed by atoms with Crippen LogP contribution in [0.3, 0.4) is 0 Å². The number of rotatable bonds is 15. The van der Waals surface area contributed by atoms with Crippen molar-refractivity contribution in [2.75, 3.05) is 26.2 Å². The summed E-state index contributed by atoms with van der Waals surface area (Å²) >= 11 is 0. The van der Waals surface area contributed by atoms with E-state index in [1.54, 1.807) is 6.08 Å². The maximum absolute atomic E-state index is 12.5. The van der Waals surface area contributed by atoms with Crippen molar-refractivity contribution in [2.45, 2.75) is 71.1 Å². The van der Waals surface area contributed by atoms with E-state index < -0.39 is 17.9 Å². The monoisotopic (exact) mass is 420 g/mol. The number of nitrogens with zero attached hydrogens (tertiary/aromatic N) is 4. The van der Waals surface area contributed by atoms with Crippen LogP contribution in [0.1, 0.15) is 71.1 Å². The Morgan fingerprint density at radius 2 is 1.53 bits per heavy atom. The number of hydroxylamine groups is 4. The van der Waals surface area contributed by atoms with Gasteiger partial charge in [-0.2, -0.15) is 10.1 Å². The Labute approximate surface area is 179 Å². The molecule has 0 amide bonds. The van der Waals surface area contributed by atoms with Gasteiger partial charge in [-0.05, 0) is 12.8 Å². The van der Waals surface area contributed by atoms with Crippen molar-refractivity contribution < 1.29 is 19.3 Å². The lowest BCUT2D eigenvalue weighted by molar-refractivity contribution is -0.181. The quantitative estimate of drug-likeness (QED) is 0.297. The van der Waals surface area contributed by atoms with E-state index in [9.17, 15) is 9.59 Å². The third-order valence-electron chi connectivity index (χ3n) is 5.03. The molecule has 0 saturated carbocycles. The average molecular weight is 421 g/mol. The zero-order valence-corrected chi connectivity index (χ0v) is 18.2. The predicted molar refractivity (Wildman–Crippen MR) is 117 cm³/mol. The Bertz CT molecular complexity index is 606. The molecular formula is C22H36N4O4. The second-order valence-corrected chi connectivity index (χ2v) is 7.70. The van der Waals surface area contributed by atoms with Crippen LogP contribution in [0.5, 0.6) is 0 Å². The van der Waals surface area contributed by atoms with Gasteiger partial charge in [0, 0.05) is 0 Å². The molecule has 1 unspecified atom stereocenters. The number of hydrogen-bond donors (Lipinski definition) is 0. The molecule has 8 nitrogen and oxygen atoms in total. The fourth-order valence-corrected chi connectivity index (χ4v) is 3.28. The summed E-state index contributed by atoms with van der Waals surface area (Å²) in [5, 5.41) is 2.79. The van der Waals surface area contributed by atoms with Gasteiger partial charge in [0.1, 0.15) is 12.7 Å². The van der Waals surface area contributed by atoms with Gasteiger partial charge in [-0.1, -0.05) is 64.0 Å². The molecule has 168 valence electrons. The molecule has 30 heavy (non-hydrogen) atoms. The van der Waals surface area contributed by atoms with Crippen molar-refractivity contribution in [1.82, 2.24) is 10.1 Å². The van der Waals surface area contributed by atoms with Gasteiger partial charge in [0.2, 0.25) is 0 Å². The molecule has 0 bridgehead atoms. The fourth-order valence-electron chi connectivity index (χ4n) is 3.28. The Morgan fingerprint density at radius 1 is 0.933 bits per heavy atom. The van der Waals surface area contributed by atoms with Gasteiger partial charge in [-0.25, -0.2) is 9.59 Å². The van der Waals surface area contributed by atoms with Crippen molar-refractivity contribution in [3.05, 3.63) is 12.2 Å². The van der Waals surface area contributed by atoms with Crippen LogP contribution in [-0.2, 0) is 19.3 Å². The van der Waals surface area contributed by atoms with Crippen molar-refractivity contribution >= 4 is 24.6 Å². The minimum absolute atomic E-state index is 0.0674. The topological polar surface area (TPSA) is 83.8 Å². The SMILES string of the molecule is CCCCCCCCCCC=CC(CC(=O)ON1C=NCC1)C(=O)ON1C=NCC1. The Balaban J connectivity index is 1.72. The summed E-state index contributed by atoms with van der Waals surface area (Å²) in [6.07, 6.45) is 17.6. The van der Waals surface area contributed by atoms with Gasteiger partial charge >= 0.3 is 11.9 Å². The lowest BCUT2D eigenvalue weighted by Crippen LogP contribution is -2.31. The standard InChI is InChI=1S/C22H36N4O4/c1-2-3-4-5-6-7-8-9-10-11-12-20(22(28)30-26-16-14-24-19-26)17-21(27)29-25-15-13-23-18-25/h11-12,18-20H,2-10,13-17H2,1H3. The van der Waals surface area contributed by atoms with Crippen LogP contribution < -0.4 is 0 Å². The smallest absolute Gasteiger partial charge is 0.339 e. The molecule has 2 rings (SSSR count). The number of aliphatic imine (C=N–C) groups is 2. The average Bonchev–Trinajstić information content (AvgIpc) is 3.42. The van der Waals surface area contributed by atoms with Gasteiger partial charge in [0.05, 0.1) is 38.5 Å². The highest BCUT2D eigenvalue weighted by molar-refractivity contribution is 5.82. The Morgan fingerprint density at radius 3 is 2.13 bits per heavy atom. The number of carbonyl (C=O) groups is 2. The van der Waals surface area contributed by atoms with E-state index in [0.717, 1.165) is 12.8 Å². The second kappa shape index (κ2) is 14.6. The summed E-state index contributed by atoms with van der Waals surface area (Å²) < 4.78 is 0. The third-order valence-corrected chi connectivity index (χ3v) is 5.03. The van der Waals surface area contributed by atoms with Crippen molar-refractivity contribution in [3.63, 3.8) is 0 Å². The molecule has 0 saturated heterocycles. The molecule has 0 N–H and O–H groups in total.